The Bertz CT molecular complexity index is 877. The van der Waals surface area contributed by atoms with E-state index in [9.17, 15) is 9.18 Å². The standard InChI is InChI=1S/C23H29FN4O/c1-23(2,3)26-13-12-18(16-26)25-22(29)28-15-14-27(19-10-8-17(24)9-11-19)20-6-4-5-7-21(20)28/h4-11,18H,12-16H2,1-3H3,(H,25,29). The van der Waals surface area contributed by atoms with E-state index >= 15 is 0 Å². The van der Waals surface area contributed by atoms with Gasteiger partial charge in [-0.3, -0.25) is 9.80 Å². The SMILES string of the molecule is CC(C)(C)N1CCC(NC(=O)N2CCN(c3ccc(F)cc3)c3ccccc32)C1. The molecule has 2 aliphatic rings. The number of halogens is 1. The Morgan fingerprint density at radius 3 is 2.34 bits per heavy atom. The van der Waals surface area contributed by atoms with Crippen molar-refractivity contribution < 1.29 is 9.18 Å². The fourth-order valence-corrected chi connectivity index (χ4v) is 4.20. The van der Waals surface area contributed by atoms with Gasteiger partial charge in [0.05, 0.1) is 11.4 Å². The van der Waals surface area contributed by atoms with Gasteiger partial charge in [-0.05, 0) is 63.6 Å². The second kappa shape index (κ2) is 7.67. The summed E-state index contributed by atoms with van der Waals surface area (Å²) in [6, 6.07) is 14.5. The van der Waals surface area contributed by atoms with Crippen LogP contribution in [0.4, 0.5) is 26.2 Å². The normalized spacial score (nSPS) is 19.9. The molecule has 1 saturated heterocycles. The van der Waals surface area contributed by atoms with Crippen molar-refractivity contribution in [3.05, 3.63) is 54.3 Å². The second-order valence-electron chi connectivity index (χ2n) is 8.82. The van der Waals surface area contributed by atoms with Gasteiger partial charge in [0.15, 0.2) is 0 Å². The van der Waals surface area contributed by atoms with Crippen LogP contribution in [0.3, 0.4) is 0 Å². The minimum absolute atomic E-state index is 0.0445. The van der Waals surface area contributed by atoms with Gasteiger partial charge in [-0.1, -0.05) is 12.1 Å². The van der Waals surface area contributed by atoms with Gasteiger partial charge in [0, 0.05) is 43.4 Å². The summed E-state index contributed by atoms with van der Waals surface area (Å²) in [6.07, 6.45) is 0.972. The van der Waals surface area contributed by atoms with Gasteiger partial charge < -0.3 is 10.2 Å². The van der Waals surface area contributed by atoms with E-state index in [0.29, 0.717) is 13.1 Å². The number of nitrogens with zero attached hydrogens (tertiary/aromatic N) is 3. The number of urea groups is 1. The molecule has 2 aliphatic heterocycles. The van der Waals surface area contributed by atoms with E-state index in [1.165, 1.54) is 12.1 Å². The summed E-state index contributed by atoms with van der Waals surface area (Å²) < 4.78 is 13.3. The van der Waals surface area contributed by atoms with E-state index in [4.69, 9.17) is 0 Å². The number of anilines is 3. The molecule has 0 saturated carbocycles. The Morgan fingerprint density at radius 1 is 1.00 bits per heavy atom. The van der Waals surface area contributed by atoms with Crippen LogP contribution in [0.25, 0.3) is 0 Å². The summed E-state index contributed by atoms with van der Waals surface area (Å²) in [7, 11) is 0. The van der Waals surface area contributed by atoms with Crippen LogP contribution in [0, 0.1) is 5.82 Å². The predicted octanol–water partition coefficient (Wildman–Crippen LogP) is 4.37. The minimum atomic E-state index is -0.249. The summed E-state index contributed by atoms with van der Waals surface area (Å²) in [5.74, 6) is -0.249. The zero-order valence-corrected chi connectivity index (χ0v) is 17.4. The molecular weight excluding hydrogens is 367 g/mol. The highest BCUT2D eigenvalue weighted by Crippen LogP contribution is 2.37. The number of hydrogen-bond acceptors (Lipinski definition) is 3. The molecular formula is C23H29FN4O. The second-order valence-corrected chi connectivity index (χ2v) is 8.82. The molecule has 0 spiro atoms. The van der Waals surface area contributed by atoms with Crippen molar-refractivity contribution in [1.82, 2.24) is 10.2 Å². The third-order valence-corrected chi connectivity index (χ3v) is 5.86. The molecule has 29 heavy (non-hydrogen) atoms. The molecule has 2 aromatic carbocycles. The number of fused-ring (bicyclic) bond motifs is 1. The molecule has 2 aromatic rings. The molecule has 4 rings (SSSR count). The maximum Gasteiger partial charge on any atom is 0.322 e. The highest BCUT2D eigenvalue weighted by Gasteiger charge is 2.33. The first-order valence-electron chi connectivity index (χ1n) is 10.3. The van der Waals surface area contributed by atoms with E-state index in [0.717, 1.165) is 36.6 Å². The number of carbonyl (C=O) groups is 1. The number of rotatable bonds is 2. The summed E-state index contributed by atoms with van der Waals surface area (Å²) in [4.78, 5) is 19.5. The highest BCUT2D eigenvalue weighted by atomic mass is 19.1. The number of hydrogen-bond donors (Lipinski definition) is 1. The van der Waals surface area contributed by atoms with Crippen LogP contribution in [0.15, 0.2) is 48.5 Å². The van der Waals surface area contributed by atoms with E-state index in [2.05, 4.69) is 35.9 Å². The maximum atomic E-state index is 13.3. The third-order valence-electron chi connectivity index (χ3n) is 5.86. The van der Waals surface area contributed by atoms with Crippen LogP contribution in [0.2, 0.25) is 0 Å². The molecule has 6 heteroatoms. The molecule has 1 unspecified atom stereocenters. The Labute approximate surface area is 172 Å². The number of amides is 2. The number of likely N-dealkylation sites (tertiary alicyclic amines) is 1. The largest absolute Gasteiger partial charge is 0.338 e. The Balaban J connectivity index is 1.51. The van der Waals surface area contributed by atoms with Crippen molar-refractivity contribution in [2.24, 2.45) is 0 Å². The molecule has 154 valence electrons. The Hall–Kier alpha value is -2.60. The number of carbonyl (C=O) groups excluding carboxylic acids is 1. The lowest BCUT2D eigenvalue weighted by atomic mass is 10.1. The molecule has 0 aromatic heterocycles. The van der Waals surface area contributed by atoms with Crippen LogP contribution in [0.5, 0.6) is 0 Å². The molecule has 1 N–H and O–H groups in total. The topological polar surface area (TPSA) is 38.8 Å². The Kier molecular flexibility index (Phi) is 5.21. The van der Waals surface area contributed by atoms with Gasteiger partial charge in [0.25, 0.3) is 0 Å². The molecule has 0 aliphatic carbocycles. The van der Waals surface area contributed by atoms with Crippen molar-refractivity contribution in [3.63, 3.8) is 0 Å². The lowest BCUT2D eigenvalue weighted by Gasteiger charge is -2.38. The van der Waals surface area contributed by atoms with Crippen LogP contribution < -0.4 is 15.1 Å². The smallest absolute Gasteiger partial charge is 0.322 e. The van der Waals surface area contributed by atoms with Gasteiger partial charge >= 0.3 is 6.03 Å². The van der Waals surface area contributed by atoms with Crippen LogP contribution >= 0.6 is 0 Å². The lowest BCUT2D eigenvalue weighted by molar-refractivity contribution is 0.170. The summed E-state index contributed by atoms with van der Waals surface area (Å²) >= 11 is 0. The monoisotopic (exact) mass is 396 g/mol. The van der Waals surface area contributed by atoms with E-state index in [1.54, 1.807) is 12.1 Å². The molecule has 5 nitrogen and oxygen atoms in total. The summed E-state index contributed by atoms with van der Waals surface area (Å²) in [5, 5.41) is 3.23. The van der Waals surface area contributed by atoms with Crippen molar-refractivity contribution in [3.8, 4) is 0 Å². The lowest BCUT2D eigenvalue weighted by Crippen LogP contribution is -2.51. The molecule has 2 heterocycles. The van der Waals surface area contributed by atoms with Crippen LogP contribution in [-0.4, -0.2) is 48.7 Å². The van der Waals surface area contributed by atoms with Gasteiger partial charge in [-0.2, -0.15) is 0 Å². The zero-order chi connectivity index (χ0) is 20.6. The zero-order valence-electron chi connectivity index (χ0n) is 17.4. The summed E-state index contributed by atoms with van der Waals surface area (Å²) in [5.41, 5.74) is 2.89. The van der Waals surface area contributed by atoms with Crippen molar-refractivity contribution in [2.45, 2.75) is 38.8 Å². The van der Waals surface area contributed by atoms with E-state index < -0.39 is 0 Å². The third kappa shape index (κ3) is 4.08. The molecule has 0 bridgehead atoms. The number of benzene rings is 2. The molecule has 0 radical (unpaired) electrons. The first-order valence-corrected chi connectivity index (χ1v) is 10.3. The van der Waals surface area contributed by atoms with Crippen molar-refractivity contribution in [1.29, 1.82) is 0 Å². The average Bonchev–Trinajstić information content (AvgIpc) is 3.17. The van der Waals surface area contributed by atoms with E-state index in [-0.39, 0.29) is 23.4 Å². The quantitative estimate of drug-likeness (QED) is 0.819. The molecule has 1 atom stereocenters. The van der Waals surface area contributed by atoms with Gasteiger partial charge in [0.1, 0.15) is 5.82 Å². The van der Waals surface area contributed by atoms with Gasteiger partial charge in [-0.15, -0.1) is 0 Å². The maximum absolute atomic E-state index is 13.3. The predicted molar refractivity (Wildman–Crippen MR) is 115 cm³/mol. The fraction of sp³-hybridized carbons (Fsp3) is 0.435. The fourth-order valence-electron chi connectivity index (χ4n) is 4.20. The van der Waals surface area contributed by atoms with Crippen LogP contribution in [-0.2, 0) is 0 Å². The van der Waals surface area contributed by atoms with Gasteiger partial charge in [-0.25, -0.2) is 9.18 Å². The Morgan fingerprint density at radius 2 is 1.69 bits per heavy atom. The van der Waals surface area contributed by atoms with E-state index in [1.807, 2.05) is 29.2 Å². The van der Waals surface area contributed by atoms with Gasteiger partial charge in [0.2, 0.25) is 0 Å². The highest BCUT2D eigenvalue weighted by molar-refractivity contribution is 5.98. The molecule has 1 fully saturated rings. The van der Waals surface area contributed by atoms with Crippen molar-refractivity contribution >= 4 is 23.1 Å². The average molecular weight is 397 g/mol. The van der Waals surface area contributed by atoms with Crippen molar-refractivity contribution in [2.75, 3.05) is 36.0 Å². The van der Waals surface area contributed by atoms with Crippen LogP contribution in [0.1, 0.15) is 27.2 Å². The minimum Gasteiger partial charge on any atom is -0.338 e. The molecule has 2 amide bonds. The first-order chi connectivity index (χ1) is 13.8. The number of para-hydroxylation sites is 2. The summed E-state index contributed by atoms with van der Waals surface area (Å²) in [6.45, 7) is 9.76. The number of nitrogens with one attached hydrogen (secondary N) is 1. The first kappa shape index (κ1) is 19.7.